The van der Waals surface area contributed by atoms with Gasteiger partial charge in [0.25, 0.3) is 0 Å². The lowest BCUT2D eigenvalue weighted by molar-refractivity contribution is 0.419. The first-order valence-electron chi connectivity index (χ1n) is 10.9. The molecule has 5 heterocycles. The third-order valence-electron chi connectivity index (χ3n) is 6.53. The number of aromatic nitrogens is 6. The number of fused-ring (bicyclic) bond motifs is 3. The molecule has 11 nitrogen and oxygen atoms in total. The van der Waals surface area contributed by atoms with Crippen molar-refractivity contribution in [2.45, 2.75) is 24.8 Å². The van der Waals surface area contributed by atoms with Gasteiger partial charge in [0.15, 0.2) is 21.3 Å². The number of piperidine rings is 1. The van der Waals surface area contributed by atoms with E-state index in [1.165, 1.54) is 0 Å². The summed E-state index contributed by atoms with van der Waals surface area (Å²) in [6.45, 7) is 1.66. The third-order valence-corrected chi connectivity index (χ3v) is 8.32. The van der Waals surface area contributed by atoms with Gasteiger partial charge in [-0.15, -0.1) is 5.10 Å². The molecule has 1 atom stereocenters. The molecule has 1 aromatic carbocycles. The number of nitrogens with two attached hydrogens (primary N) is 1. The van der Waals surface area contributed by atoms with Gasteiger partial charge in [-0.05, 0) is 25.0 Å². The zero-order chi connectivity index (χ0) is 22.7. The summed E-state index contributed by atoms with van der Waals surface area (Å²) >= 11 is 0. The van der Waals surface area contributed by atoms with Gasteiger partial charge < -0.3 is 15.4 Å². The number of hydrogen-bond donors (Lipinski definition) is 1. The minimum Gasteiger partial charge on any atom is -0.494 e. The highest BCUT2D eigenvalue weighted by atomic mass is 32.2. The van der Waals surface area contributed by atoms with Crippen LogP contribution in [0.2, 0.25) is 0 Å². The van der Waals surface area contributed by atoms with Crippen LogP contribution in [0, 0.1) is 0 Å². The summed E-state index contributed by atoms with van der Waals surface area (Å²) in [6.07, 6.45) is 5.72. The molecule has 2 N–H and O–H groups in total. The van der Waals surface area contributed by atoms with Crippen LogP contribution in [-0.4, -0.2) is 69.5 Å². The molecule has 2 aliphatic heterocycles. The molecular weight excluding hydrogens is 444 g/mol. The lowest BCUT2D eigenvalue weighted by atomic mass is 9.97. The Hall–Kier alpha value is -3.41. The Bertz CT molecular complexity index is 1470. The molecule has 2 aliphatic rings. The fourth-order valence-electron chi connectivity index (χ4n) is 4.78. The average Bonchev–Trinajstić information content (AvgIpc) is 3.46. The second-order valence-electron chi connectivity index (χ2n) is 8.73. The van der Waals surface area contributed by atoms with Crippen LogP contribution in [0.3, 0.4) is 0 Å². The van der Waals surface area contributed by atoms with Gasteiger partial charge in [-0.2, -0.15) is 9.61 Å². The van der Waals surface area contributed by atoms with E-state index in [1.54, 1.807) is 16.3 Å². The quantitative estimate of drug-likeness (QED) is 0.472. The van der Waals surface area contributed by atoms with E-state index in [1.807, 2.05) is 30.6 Å². The predicted molar refractivity (Wildman–Crippen MR) is 123 cm³/mol. The summed E-state index contributed by atoms with van der Waals surface area (Å²) < 4.78 is 31.8. The van der Waals surface area contributed by atoms with Crippen LogP contribution in [-0.2, 0) is 9.84 Å². The number of rotatable bonds is 4. The number of hydrogen-bond acceptors (Lipinski definition) is 9. The Morgan fingerprint density at radius 2 is 2.06 bits per heavy atom. The molecule has 0 saturated carbocycles. The molecule has 0 aliphatic carbocycles. The smallest absolute Gasteiger partial charge is 0.223 e. The summed E-state index contributed by atoms with van der Waals surface area (Å²) in [5.41, 5.74) is 8.53. The van der Waals surface area contributed by atoms with Crippen molar-refractivity contribution in [3.8, 4) is 5.75 Å². The molecule has 2 saturated heterocycles. The summed E-state index contributed by atoms with van der Waals surface area (Å²) in [7, 11) is -1.29. The Balaban J connectivity index is 1.29. The maximum Gasteiger partial charge on any atom is 0.223 e. The summed E-state index contributed by atoms with van der Waals surface area (Å²) in [6, 6.07) is 5.63. The van der Waals surface area contributed by atoms with E-state index in [4.69, 9.17) is 20.6 Å². The molecule has 33 heavy (non-hydrogen) atoms. The molecular formula is C21H24N8O3S. The number of nitrogens with zero attached hydrogens (tertiary/aromatic N) is 7. The zero-order valence-corrected chi connectivity index (χ0v) is 18.9. The Morgan fingerprint density at radius 1 is 1.21 bits per heavy atom. The molecule has 0 unspecified atom stereocenters. The van der Waals surface area contributed by atoms with Crippen molar-refractivity contribution in [1.82, 2.24) is 29.4 Å². The standard InChI is InChI=1S/C21H24N8O3S/c1-32-17-6-2-5-16-18(17)24-21(22)29-20(16)25-19(26-29)13-4-3-7-27(9-13)14-8-23-28(10-14)15-11-33(30,31)12-15/h2,5-6,8,10,13,15H,3-4,7,9,11-12H2,1H3,(H2,22,24)/t13-/m1/s1. The molecule has 0 radical (unpaired) electrons. The molecule has 12 heteroatoms. The summed E-state index contributed by atoms with van der Waals surface area (Å²) in [5.74, 6) is 2.11. The molecule has 0 amide bonds. The summed E-state index contributed by atoms with van der Waals surface area (Å²) in [4.78, 5) is 11.6. The normalized spacial score (nSPS) is 20.9. The van der Waals surface area contributed by atoms with Crippen molar-refractivity contribution in [3.05, 3.63) is 36.4 Å². The Morgan fingerprint density at radius 3 is 2.85 bits per heavy atom. The zero-order valence-electron chi connectivity index (χ0n) is 18.1. The second-order valence-corrected chi connectivity index (χ2v) is 10.9. The predicted octanol–water partition coefficient (Wildman–Crippen LogP) is 1.42. The first kappa shape index (κ1) is 20.2. The topological polar surface area (TPSA) is 134 Å². The minimum absolute atomic E-state index is 0.0646. The molecule has 6 rings (SSSR count). The minimum atomic E-state index is -2.89. The largest absolute Gasteiger partial charge is 0.494 e. The lowest BCUT2D eigenvalue weighted by Gasteiger charge is -2.32. The highest BCUT2D eigenvalue weighted by Gasteiger charge is 2.35. The first-order valence-corrected chi connectivity index (χ1v) is 12.7. The van der Waals surface area contributed by atoms with Crippen molar-refractivity contribution < 1.29 is 13.2 Å². The third kappa shape index (κ3) is 3.36. The molecule has 4 aromatic rings. The van der Waals surface area contributed by atoms with Gasteiger partial charge in [-0.3, -0.25) is 4.68 Å². The molecule has 0 spiro atoms. The molecule has 172 valence electrons. The van der Waals surface area contributed by atoms with E-state index in [9.17, 15) is 8.42 Å². The van der Waals surface area contributed by atoms with Gasteiger partial charge in [-0.1, -0.05) is 6.07 Å². The van der Waals surface area contributed by atoms with Crippen LogP contribution in [0.5, 0.6) is 5.75 Å². The van der Waals surface area contributed by atoms with Crippen molar-refractivity contribution in [2.75, 3.05) is 42.3 Å². The van der Waals surface area contributed by atoms with E-state index >= 15 is 0 Å². The lowest BCUT2D eigenvalue weighted by Crippen LogP contribution is -2.38. The number of sulfone groups is 1. The van der Waals surface area contributed by atoms with Crippen molar-refractivity contribution in [2.24, 2.45) is 0 Å². The van der Waals surface area contributed by atoms with E-state index in [0.717, 1.165) is 42.8 Å². The van der Waals surface area contributed by atoms with Crippen LogP contribution >= 0.6 is 0 Å². The highest BCUT2D eigenvalue weighted by Crippen LogP contribution is 2.32. The number of para-hydroxylation sites is 1. The number of nitrogen functional groups attached to an aromatic ring is 1. The number of ether oxygens (including phenoxy) is 1. The van der Waals surface area contributed by atoms with E-state index < -0.39 is 9.84 Å². The maximum atomic E-state index is 11.5. The van der Waals surface area contributed by atoms with Gasteiger partial charge in [0.05, 0.1) is 36.5 Å². The maximum absolute atomic E-state index is 11.5. The van der Waals surface area contributed by atoms with Gasteiger partial charge >= 0.3 is 0 Å². The number of benzene rings is 1. The molecule has 2 fully saturated rings. The number of anilines is 2. The molecule has 3 aromatic heterocycles. The highest BCUT2D eigenvalue weighted by molar-refractivity contribution is 7.92. The first-order chi connectivity index (χ1) is 15.9. The van der Waals surface area contributed by atoms with Gasteiger partial charge in [0.1, 0.15) is 11.3 Å². The van der Waals surface area contributed by atoms with Crippen molar-refractivity contribution in [3.63, 3.8) is 0 Å². The molecule has 0 bridgehead atoms. The fourth-order valence-corrected chi connectivity index (χ4v) is 6.16. The fraction of sp³-hybridized carbons (Fsp3) is 0.429. The van der Waals surface area contributed by atoms with Crippen LogP contribution in [0.15, 0.2) is 30.6 Å². The van der Waals surface area contributed by atoms with Crippen LogP contribution < -0.4 is 15.4 Å². The van der Waals surface area contributed by atoms with Gasteiger partial charge in [0.2, 0.25) is 5.95 Å². The van der Waals surface area contributed by atoms with E-state index in [0.29, 0.717) is 16.9 Å². The van der Waals surface area contributed by atoms with Crippen LogP contribution in [0.25, 0.3) is 16.6 Å². The average molecular weight is 469 g/mol. The second kappa shape index (κ2) is 7.30. The van der Waals surface area contributed by atoms with Crippen LogP contribution in [0.1, 0.15) is 30.6 Å². The Kier molecular flexibility index (Phi) is 4.47. The Labute approximate surface area is 190 Å². The van der Waals surface area contributed by atoms with Gasteiger partial charge in [-0.25, -0.2) is 18.4 Å². The van der Waals surface area contributed by atoms with Crippen LogP contribution in [0.4, 0.5) is 11.6 Å². The summed E-state index contributed by atoms with van der Waals surface area (Å²) in [5, 5.41) is 9.96. The SMILES string of the molecule is COc1cccc2c1nc(N)n1nc([C@@H]3CCCN(c4cnn(C5CS(=O)(=O)C5)c4)C3)nc21. The monoisotopic (exact) mass is 468 g/mol. The van der Waals surface area contributed by atoms with E-state index in [2.05, 4.69) is 15.0 Å². The van der Waals surface area contributed by atoms with Crippen molar-refractivity contribution >= 4 is 38.0 Å². The van der Waals surface area contributed by atoms with E-state index in [-0.39, 0.29) is 29.4 Å². The number of methoxy groups -OCH3 is 1. The van der Waals surface area contributed by atoms with Gasteiger partial charge in [0, 0.05) is 30.6 Å². The van der Waals surface area contributed by atoms with Crippen molar-refractivity contribution in [1.29, 1.82) is 0 Å².